The van der Waals surface area contributed by atoms with Gasteiger partial charge in [0.1, 0.15) is 11.8 Å². The average Bonchev–Trinajstić information content (AvgIpc) is 2.87. The van der Waals surface area contributed by atoms with Crippen LogP contribution in [-0.2, 0) is 4.79 Å². The maximum absolute atomic E-state index is 13.1. The van der Waals surface area contributed by atoms with Crippen LogP contribution >= 0.6 is 11.6 Å². The van der Waals surface area contributed by atoms with E-state index in [0.717, 1.165) is 6.42 Å². The van der Waals surface area contributed by atoms with Crippen LogP contribution in [0.5, 0.6) is 5.75 Å². The summed E-state index contributed by atoms with van der Waals surface area (Å²) in [7, 11) is 1.56. The van der Waals surface area contributed by atoms with Gasteiger partial charge in [0.05, 0.1) is 7.11 Å². The van der Waals surface area contributed by atoms with Gasteiger partial charge in [-0.25, -0.2) is 4.79 Å². The number of nitrogens with one attached hydrogen (secondary N) is 3. The number of rotatable bonds is 8. The van der Waals surface area contributed by atoms with Crippen molar-refractivity contribution in [2.24, 2.45) is 5.92 Å². The summed E-state index contributed by atoms with van der Waals surface area (Å²) in [5.74, 6) is 0.0219. The van der Waals surface area contributed by atoms with Crippen molar-refractivity contribution < 1.29 is 19.1 Å². The molecule has 188 valence electrons. The Bertz CT molecular complexity index is 1020. The van der Waals surface area contributed by atoms with Gasteiger partial charge in [-0.05, 0) is 74.6 Å². The lowest BCUT2D eigenvalue weighted by atomic mass is 9.88. The van der Waals surface area contributed by atoms with Crippen molar-refractivity contribution in [1.82, 2.24) is 15.5 Å². The standard InChI is InChI=1S/C26H33ClN4O4/c1-4-17(2)28-25(33)23(30-24(32)19-8-10-22(35-3)11-9-19)18-12-14-31(15-13-18)26(34)29-21-7-5-6-20(27)16-21/h5-11,16-18,23H,4,12-15H2,1-3H3,(H,28,33)(H,29,34)(H,30,32)/t17-,23-/m0/s1. The molecule has 0 aromatic heterocycles. The number of ether oxygens (including phenoxy) is 1. The fourth-order valence-corrected chi connectivity index (χ4v) is 4.19. The highest BCUT2D eigenvalue weighted by Gasteiger charge is 2.34. The van der Waals surface area contributed by atoms with Gasteiger partial charge in [-0.3, -0.25) is 9.59 Å². The number of hydrogen-bond acceptors (Lipinski definition) is 4. The lowest BCUT2D eigenvalue weighted by Crippen LogP contribution is -2.55. The van der Waals surface area contributed by atoms with Crippen LogP contribution in [0.2, 0.25) is 5.02 Å². The summed E-state index contributed by atoms with van der Waals surface area (Å²) in [6.07, 6.45) is 1.96. The second-order valence-corrected chi connectivity index (χ2v) is 9.20. The third-order valence-electron chi connectivity index (χ3n) is 6.30. The number of methoxy groups -OCH3 is 1. The third kappa shape index (κ3) is 7.36. The maximum atomic E-state index is 13.1. The molecule has 1 aliphatic heterocycles. The first-order valence-corrected chi connectivity index (χ1v) is 12.2. The van der Waals surface area contributed by atoms with Gasteiger partial charge in [0, 0.05) is 35.4 Å². The molecule has 2 aromatic rings. The number of urea groups is 1. The molecule has 0 aliphatic carbocycles. The van der Waals surface area contributed by atoms with Gasteiger partial charge in [0.15, 0.2) is 0 Å². The van der Waals surface area contributed by atoms with Crippen molar-refractivity contribution >= 4 is 35.1 Å². The van der Waals surface area contributed by atoms with Crippen molar-refractivity contribution in [3.05, 3.63) is 59.1 Å². The molecule has 0 radical (unpaired) electrons. The van der Waals surface area contributed by atoms with E-state index in [2.05, 4.69) is 16.0 Å². The van der Waals surface area contributed by atoms with Crippen molar-refractivity contribution in [2.75, 3.05) is 25.5 Å². The minimum Gasteiger partial charge on any atom is -0.497 e. The molecule has 9 heteroatoms. The minimum atomic E-state index is -0.697. The summed E-state index contributed by atoms with van der Waals surface area (Å²) in [4.78, 5) is 40.5. The predicted octanol–water partition coefficient (Wildman–Crippen LogP) is 4.31. The molecule has 0 bridgehead atoms. The largest absolute Gasteiger partial charge is 0.497 e. The van der Waals surface area contributed by atoms with Gasteiger partial charge in [-0.1, -0.05) is 24.6 Å². The molecule has 1 heterocycles. The Morgan fingerprint density at radius 3 is 2.37 bits per heavy atom. The first kappa shape index (κ1) is 26.3. The Labute approximate surface area is 211 Å². The third-order valence-corrected chi connectivity index (χ3v) is 6.53. The molecule has 4 amide bonds. The number of benzene rings is 2. The highest BCUT2D eigenvalue weighted by Crippen LogP contribution is 2.23. The second-order valence-electron chi connectivity index (χ2n) is 8.76. The molecule has 3 rings (SSSR count). The smallest absolute Gasteiger partial charge is 0.321 e. The molecule has 0 spiro atoms. The van der Waals surface area contributed by atoms with Crippen LogP contribution in [0.25, 0.3) is 0 Å². The zero-order valence-corrected chi connectivity index (χ0v) is 21.1. The van der Waals surface area contributed by atoms with Crippen LogP contribution in [0.3, 0.4) is 0 Å². The molecule has 0 saturated carbocycles. The first-order chi connectivity index (χ1) is 16.8. The van der Waals surface area contributed by atoms with Crippen molar-refractivity contribution in [2.45, 2.75) is 45.2 Å². The second kappa shape index (κ2) is 12.4. The summed E-state index contributed by atoms with van der Waals surface area (Å²) in [5.41, 5.74) is 1.08. The quantitative estimate of drug-likeness (QED) is 0.503. The molecular formula is C26H33ClN4O4. The van der Waals surface area contributed by atoms with E-state index in [1.807, 2.05) is 13.8 Å². The number of amides is 4. The fourth-order valence-electron chi connectivity index (χ4n) is 4.00. The number of anilines is 1. The van der Waals surface area contributed by atoms with Crippen LogP contribution in [-0.4, -0.2) is 55.0 Å². The number of carbonyl (C=O) groups excluding carboxylic acids is 3. The van der Waals surface area contributed by atoms with Crippen LogP contribution in [0.4, 0.5) is 10.5 Å². The maximum Gasteiger partial charge on any atom is 0.321 e. The van der Waals surface area contributed by atoms with Crippen LogP contribution in [0.1, 0.15) is 43.5 Å². The van der Waals surface area contributed by atoms with E-state index in [1.165, 1.54) is 0 Å². The Kier molecular flexibility index (Phi) is 9.37. The fraction of sp³-hybridized carbons (Fsp3) is 0.423. The van der Waals surface area contributed by atoms with E-state index in [9.17, 15) is 14.4 Å². The predicted molar refractivity (Wildman–Crippen MR) is 137 cm³/mol. The van der Waals surface area contributed by atoms with Crippen LogP contribution < -0.4 is 20.7 Å². The minimum absolute atomic E-state index is 0.00792. The summed E-state index contributed by atoms with van der Waals surface area (Å²) in [6, 6.07) is 12.8. The number of nitrogens with zero attached hydrogens (tertiary/aromatic N) is 1. The molecule has 0 unspecified atom stereocenters. The van der Waals surface area contributed by atoms with Gasteiger partial charge < -0.3 is 25.6 Å². The summed E-state index contributed by atoms with van der Waals surface area (Å²) in [6.45, 7) is 4.88. The van der Waals surface area contributed by atoms with E-state index in [4.69, 9.17) is 16.3 Å². The van der Waals surface area contributed by atoms with E-state index in [0.29, 0.717) is 48.0 Å². The Morgan fingerprint density at radius 1 is 1.09 bits per heavy atom. The highest BCUT2D eigenvalue weighted by molar-refractivity contribution is 6.30. The Morgan fingerprint density at radius 2 is 1.77 bits per heavy atom. The normalized spacial score (nSPS) is 15.6. The number of likely N-dealkylation sites (tertiary alicyclic amines) is 1. The molecule has 1 fully saturated rings. The molecule has 8 nitrogen and oxygen atoms in total. The van der Waals surface area contributed by atoms with Crippen LogP contribution in [0, 0.1) is 5.92 Å². The monoisotopic (exact) mass is 500 g/mol. The molecular weight excluding hydrogens is 468 g/mol. The van der Waals surface area contributed by atoms with E-state index >= 15 is 0 Å². The lowest BCUT2D eigenvalue weighted by molar-refractivity contribution is -0.125. The molecule has 2 atom stereocenters. The zero-order chi connectivity index (χ0) is 25.4. The van der Waals surface area contributed by atoms with Gasteiger partial charge >= 0.3 is 6.03 Å². The number of carbonyl (C=O) groups is 3. The number of hydrogen-bond donors (Lipinski definition) is 3. The average molecular weight is 501 g/mol. The van der Waals surface area contributed by atoms with E-state index in [1.54, 1.807) is 60.5 Å². The Hall–Kier alpha value is -3.26. The molecule has 1 aliphatic rings. The van der Waals surface area contributed by atoms with Crippen LogP contribution in [0.15, 0.2) is 48.5 Å². The van der Waals surface area contributed by atoms with Gasteiger partial charge in [0.2, 0.25) is 5.91 Å². The van der Waals surface area contributed by atoms with E-state index in [-0.39, 0.29) is 29.8 Å². The summed E-state index contributed by atoms with van der Waals surface area (Å²) in [5, 5.41) is 9.33. The number of piperidine rings is 1. The van der Waals surface area contributed by atoms with Gasteiger partial charge in [-0.15, -0.1) is 0 Å². The summed E-state index contributed by atoms with van der Waals surface area (Å²) < 4.78 is 5.15. The molecule has 1 saturated heterocycles. The van der Waals surface area contributed by atoms with Crippen molar-refractivity contribution in [1.29, 1.82) is 0 Å². The lowest BCUT2D eigenvalue weighted by Gasteiger charge is -2.36. The first-order valence-electron chi connectivity index (χ1n) is 11.9. The van der Waals surface area contributed by atoms with Crippen molar-refractivity contribution in [3.63, 3.8) is 0 Å². The molecule has 3 N–H and O–H groups in total. The SMILES string of the molecule is CC[C@H](C)NC(=O)[C@@H](NC(=O)c1ccc(OC)cc1)C1CCN(C(=O)Nc2cccc(Cl)c2)CC1. The highest BCUT2D eigenvalue weighted by atomic mass is 35.5. The zero-order valence-electron chi connectivity index (χ0n) is 20.3. The number of halogens is 1. The van der Waals surface area contributed by atoms with Gasteiger partial charge in [0.25, 0.3) is 5.91 Å². The Balaban J connectivity index is 1.65. The molecule has 35 heavy (non-hydrogen) atoms. The van der Waals surface area contributed by atoms with Gasteiger partial charge in [-0.2, -0.15) is 0 Å². The topological polar surface area (TPSA) is 99.8 Å². The molecule has 2 aromatic carbocycles. The summed E-state index contributed by atoms with van der Waals surface area (Å²) >= 11 is 6.00. The van der Waals surface area contributed by atoms with E-state index < -0.39 is 6.04 Å². The van der Waals surface area contributed by atoms with Crippen molar-refractivity contribution in [3.8, 4) is 5.75 Å².